The maximum atomic E-state index is 12.2. The van der Waals surface area contributed by atoms with E-state index in [0.717, 1.165) is 37.7 Å². The molecule has 0 fully saturated rings. The Morgan fingerprint density at radius 1 is 1.03 bits per heavy atom. The van der Waals surface area contributed by atoms with Crippen molar-refractivity contribution in [3.05, 3.63) is 46.2 Å². The van der Waals surface area contributed by atoms with Crippen LogP contribution in [0.5, 0.6) is 0 Å². The van der Waals surface area contributed by atoms with E-state index in [1.165, 1.54) is 5.56 Å². The molecule has 1 atom stereocenters. The van der Waals surface area contributed by atoms with Crippen LogP contribution in [0, 0.1) is 5.41 Å². The molecule has 12 heteroatoms. The van der Waals surface area contributed by atoms with Gasteiger partial charge in [0.15, 0.2) is 28.4 Å². The number of guanidine groups is 1. The third-order valence-electron chi connectivity index (χ3n) is 4.87. The number of nitrogen functional groups attached to an aromatic ring is 2. The molecule has 1 amide bonds. The van der Waals surface area contributed by atoms with Gasteiger partial charge in [-0.25, -0.2) is 9.97 Å². The van der Waals surface area contributed by atoms with Gasteiger partial charge >= 0.3 is 5.97 Å². The minimum absolute atomic E-state index is 0.0750. The Bertz CT molecular complexity index is 984. The lowest BCUT2D eigenvalue weighted by molar-refractivity contribution is -0.138. The molecule has 0 unspecified atom stereocenters. The fourth-order valence-electron chi connectivity index (χ4n) is 3.02. The highest BCUT2D eigenvalue weighted by Crippen LogP contribution is 2.17. The predicted molar refractivity (Wildman–Crippen MR) is 127 cm³/mol. The maximum Gasteiger partial charge on any atom is 0.320 e. The van der Waals surface area contributed by atoms with Crippen molar-refractivity contribution in [2.75, 3.05) is 18.0 Å². The number of nitrogens with zero attached hydrogens (tertiary/aromatic N) is 2. The summed E-state index contributed by atoms with van der Waals surface area (Å²) in [6.07, 6.45) is 4.54. The monoisotopic (exact) mass is 476 g/mol. The van der Waals surface area contributed by atoms with E-state index in [-0.39, 0.29) is 28.4 Å². The number of nitrogens with two attached hydrogens (primary N) is 3. The molecule has 0 aliphatic heterocycles. The molecule has 0 aliphatic carbocycles. The molecule has 2 rings (SSSR count). The number of carboxylic acid groups (broad SMARTS) is 1. The van der Waals surface area contributed by atoms with Gasteiger partial charge in [0.1, 0.15) is 6.04 Å². The number of rotatable bonds is 11. The van der Waals surface area contributed by atoms with Crippen LogP contribution in [0.25, 0.3) is 0 Å². The maximum absolute atomic E-state index is 12.2. The van der Waals surface area contributed by atoms with Crippen LogP contribution in [0.1, 0.15) is 47.3 Å². The van der Waals surface area contributed by atoms with E-state index in [4.69, 9.17) is 39.3 Å². The molecule has 1 aromatic carbocycles. The number of halogens is 1. The van der Waals surface area contributed by atoms with Gasteiger partial charge in [-0.2, -0.15) is 0 Å². The number of nitrogens with one attached hydrogen (secondary N) is 3. The molecule has 11 nitrogen and oxygen atoms in total. The largest absolute Gasteiger partial charge is 0.480 e. The predicted octanol–water partition coefficient (Wildman–Crippen LogP) is 1.31. The summed E-state index contributed by atoms with van der Waals surface area (Å²) in [5.74, 6) is -2.10. The number of aromatic nitrogens is 2. The van der Waals surface area contributed by atoms with E-state index >= 15 is 0 Å². The molecular weight excluding hydrogens is 448 g/mol. The second kappa shape index (κ2) is 12.6. The summed E-state index contributed by atoms with van der Waals surface area (Å²) in [4.78, 5) is 30.4. The second-order valence-electron chi connectivity index (χ2n) is 7.50. The Balaban J connectivity index is 1.65. The van der Waals surface area contributed by atoms with Crippen molar-refractivity contribution in [3.63, 3.8) is 0 Å². The minimum Gasteiger partial charge on any atom is -0.480 e. The molecule has 0 saturated heterocycles. The number of anilines is 2. The van der Waals surface area contributed by atoms with Crippen LogP contribution in [-0.4, -0.2) is 45.5 Å². The first-order valence-electron chi connectivity index (χ1n) is 10.5. The third-order valence-corrected chi connectivity index (χ3v) is 5.15. The summed E-state index contributed by atoms with van der Waals surface area (Å²) in [5, 5.41) is 21.7. The van der Waals surface area contributed by atoms with Gasteiger partial charge in [0.2, 0.25) is 0 Å². The summed E-state index contributed by atoms with van der Waals surface area (Å²) >= 11 is 5.76. The number of aliphatic carboxylic acids is 1. The lowest BCUT2D eigenvalue weighted by atomic mass is 10.0. The van der Waals surface area contributed by atoms with Crippen molar-refractivity contribution in [2.45, 2.75) is 44.6 Å². The molecule has 0 bridgehead atoms. The average molecular weight is 477 g/mol. The molecule has 1 heterocycles. The standard InChI is InChI=1S/C21H29ClN8O3/c22-16-18(25)29-17(24)15(28-16)19(31)30-21(26)27-11-2-1-4-12-7-9-13(10-8-12)5-3-6-14(23)20(32)33/h7-10,14H,1-6,11,23H2,(H,32,33)(H4,24,25,29)(H3,26,27,30,31)/t14-/m1/s1. The topological polar surface area (TPSA) is 206 Å². The average Bonchev–Trinajstić information content (AvgIpc) is 2.76. The summed E-state index contributed by atoms with van der Waals surface area (Å²) in [6, 6.07) is 7.40. The van der Waals surface area contributed by atoms with Crippen molar-refractivity contribution < 1.29 is 14.7 Å². The Labute approximate surface area is 196 Å². The van der Waals surface area contributed by atoms with E-state index in [9.17, 15) is 9.59 Å². The summed E-state index contributed by atoms with van der Waals surface area (Å²) in [6.45, 7) is 0.505. The van der Waals surface area contributed by atoms with Crippen molar-refractivity contribution in [1.29, 1.82) is 5.41 Å². The molecule has 0 radical (unpaired) electrons. The quantitative estimate of drug-likeness (QED) is 0.141. The van der Waals surface area contributed by atoms with Gasteiger partial charge in [0.25, 0.3) is 5.91 Å². The Hall–Kier alpha value is -3.44. The van der Waals surface area contributed by atoms with Crippen LogP contribution in [-0.2, 0) is 17.6 Å². The van der Waals surface area contributed by atoms with Gasteiger partial charge in [-0.15, -0.1) is 0 Å². The summed E-state index contributed by atoms with van der Waals surface area (Å²) in [5.41, 5.74) is 18.8. The van der Waals surface area contributed by atoms with E-state index < -0.39 is 17.9 Å². The van der Waals surface area contributed by atoms with Crippen LogP contribution in [0.3, 0.4) is 0 Å². The van der Waals surface area contributed by atoms with Gasteiger partial charge < -0.3 is 27.6 Å². The fourth-order valence-corrected chi connectivity index (χ4v) is 3.14. The molecule has 0 spiro atoms. The molecule has 178 valence electrons. The van der Waals surface area contributed by atoms with E-state index in [2.05, 4.69) is 32.7 Å². The van der Waals surface area contributed by atoms with Crippen LogP contribution in [0.2, 0.25) is 5.15 Å². The molecule has 2 aromatic rings. The zero-order valence-corrected chi connectivity index (χ0v) is 18.9. The number of amides is 1. The van der Waals surface area contributed by atoms with E-state index in [1.807, 2.05) is 12.1 Å². The first-order chi connectivity index (χ1) is 15.7. The molecule has 1 aromatic heterocycles. The SMILES string of the molecule is N=C(NCCCCc1ccc(CCC[C@@H](N)C(=O)O)cc1)NC(=O)c1nc(Cl)c(N)nc1N. The number of unbranched alkanes of at least 4 members (excludes halogenated alkanes) is 1. The first-order valence-corrected chi connectivity index (χ1v) is 10.8. The smallest absolute Gasteiger partial charge is 0.320 e. The van der Waals surface area contributed by atoms with Crippen LogP contribution < -0.4 is 27.8 Å². The van der Waals surface area contributed by atoms with Crippen LogP contribution >= 0.6 is 11.6 Å². The molecule has 10 N–H and O–H groups in total. The van der Waals surface area contributed by atoms with Crippen molar-refractivity contribution >= 4 is 41.1 Å². The summed E-state index contributed by atoms with van der Waals surface area (Å²) in [7, 11) is 0. The molecule has 33 heavy (non-hydrogen) atoms. The van der Waals surface area contributed by atoms with Crippen molar-refractivity contribution in [2.24, 2.45) is 5.73 Å². The number of carboxylic acids is 1. The second-order valence-corrected chi connectivity index (χ2v) is 7.86. The molecule has 0 saturated carbocycles. The van der Waals surface area contributed by atoms with E-state index in [1.54, 1.807) is 0 Å². The van der Waals surface area contributed by atoms with Crippen LogP contribution in [0.4, 0.5) is 11.6 Å². The molecular formula is C21H29ClN8O3. The number of benzene rings is 1. The van der Waals surface area contributed by atoms with Gasteiger partial charge in [-0.1, -0.05) is 35.9 Å². The Kier molecular flexibility index (Phi) is 9.83. The molecule has 0 aliphatic rings. The number of hydrogen-bond donors (Lipinski definition) is 7. The van der Waals surface area contributed by atoms with Gasteiger partial charge in [0.05, 0.1) is 0 Å². The van der Waals surface area contributed by atoms with Gasteiger partial charge in [0, 0.05) is 6.54 Å². The zero-order chi connectivity index (χ0) is 24.4. The number of carbonyl (C=O) groups is 2. The lowest BCUT2D eigenvalue weighted by Gasteiger charge is -2.10. The summed E-state index contributed by atoms with van der Waals surface area (Å²) < 4.78 is 0. The minimum atomic E-state index is -0.969. The Morgan fingerprint density at radius 2 is 1.64 bits per heavy atom. The third kappa shape index (κ3) is 8.54. The number of aryl methyl sites for hydroxylation is 2. The first kappa shape index (κ1) is 25.8. The Morgan fingerprint density at radius 3 is 2.24 bits per heavy atom. The zero-order valence-electron chi connectivity index (χ0n) is 18.1. The highest BCUT2D eigenvalue weighted by atomic mass is 35.5. The van der Waals surface area contributed by atoms with Crippen molar-refractivity contribution in [1.82, 2.24) is 20.6 Å². The van der Waals surface area contributed by atoms with E-state index in [0.29, 0.717) is 13.0 Å². The van der Waals surface area contributed by atoms with Crippen molar-refractivity contribution in [3.8, 4) is 0 Å². The van der Waals surface area contributed by atoms with Gasteiger partial charge in [-0.05, 0) is 49.7 Å². The number of hydrogen-bond acceptors (Lipinski definition) is 8. The van der Waals surface area contributed by atoms with Gasteiger partial charge in [-0.3, -0.25) is 20.3 Å². The lowest BCUT2D eigenvalue weighted by Crippen LogP contribution is -2.41. The number of carbonyl (C=O) groups excluding carboxylic acids is 1. The highest BCUT2D eigenvalue weighted by molar-refractivity contribution is 6.31. The highest BCUT2D eigenvalue weighted by Gasteiger charge is 2.17. The normalized spacial score (nSPS) is 11.6. The fraction of sp³-hybridized carbons (Fsp3) is 0.381. The van der Waals surface area contributed by atoms with Crippen LogP contribution in [0.15, 0.2) is 24.3 Å².